The molecule has 1 aromatic rings. The fourth-order valence-corrected chi connectivity index (χ4v) is 3.23. The van der Waals surface area contributed by atoms with Crippen molar-refractivity contribution >= 4 is 5.91 Å². The predicted octanol–water partition coefficient (Wildman–Crippen LogP) is 2.67. The minimum absolute atomic E-state index is 0.209. The van der Waals surface area contributed by atoms with Gasteiger partial charge in [0.15, 0.2) is 0 Å². The van der Waals surface area contributed by atoms with Crippen LogP contribution >= 0.6 is 0 Å². The number of piperidine rings is 1. The van der Waals surface area contributed by atoms with E-state index in [2.05, 4.69) is 34.8 Å². The fourth-order valence-electron chi connectivity index (χ4n) is 3.23. The summed E-state index contributed by atoms with van der Waals surface area (Å²) in [6.45, 7) is 7.27. The van der Waals surface area contributed by atoms with Gasteiger partial charge < -0.3 is 14.8 Å². The molecule has 0 radical (unpaired) electrons. The summed E-state index contributed by atoms with van der Waals surface area (Å²) in [5.41, 5.74) is 0.872. The summed E-state index contributed by atoms with van der Waals surface area (Å²) >= 11 is 0. The Morgan fingerprint density at radius 2 is 2.05 bits per heavy atom. The van der Waals surface area contributed by atoms with Gasteiger partial charge in [-0.15, -0.1) is 0 Å². The molecule has 4 heteroatoms. The highest BCUT2D eigenvalue weighted by Gasteiger charge is 2.30. The van der Waals surface area contributed by atoms with Crippen molar-refractivity contribution in [1.82, 2.24) is 14.8 Å². The fraction of sp³-hybridized carbons (Fsp3) is 0.706. The first-order chi connectivity index (χ1) is 10.2. The molecule has 1 N–H and O–H groups in total. The molecule has 1 aliphatic heterocycles. The van der Waals surface area contributed by atoms with Gasteiger partial charge in [-0.25, -0.2) is 0 Å². The highest BCUT2D eigenvalue weighted by molar-refractivity contribution is 5.93. The first-order valence-corrected chi connectivity index (χ1v) is 8.35. The maximum Gasteiger partial charge on any atom is 0.270 e. The molecule has 1 aromatic heterocycles. The van der Waals surface area contributed by atoms with E-state index in [0.717, 1.165) is 44.1 Å². The minimum Gasteiger partial charge on any atom is -0.340 e. The molecule has 21 heavy (non-hydrogen) atoms. The van der Waals surface area contributed by atoms with Crippen LogP contribution in [0.15, 0.2) is 18.3 Å². The zero-order chi connectivity index (χ0) is 14.8. The van der Waals surface area contributed by atoms with Crippen LogP contribution < -0.4 is 5.32 Å². The number of rotatable bonds is 5. The van der Waals surface area contributed by atoms with Crippen molar-refractivity contribution < 1.29 is 4.79 Å². The Morgan fingerprint density at radius 1 is 1.33 bits per heavy atom. The number of aromatic nitrogens is 1. The molecule has 3 rings (SSSR count). The second kappa shape index (κ2) is 6.22. The van der Waals surface area contributed by atoms with Crippen LogP contribution in [0.4, 0.5) is 0 Å². The van der Waals surface area contributed by atoms with Gasteiger partial charge in [-0.05, 0) is 70.7 Å². The lowest BCUT2D eigenvalue weighted by atomic mass is 10.1. The lowest BCUT2D eigenvalue weighted by Gasteiger charge is -2.30. The number of hydrogen-bond acceptors (Lipinski definition) is 2. The molecule has 1 aliphatic carbocycles. The highest BCUT2D eigenvalue weighted by Crippen LogP contribution is 2.31. The van der Waals surface area contributed by atoms with Gasteiger partial charge in [-0.1, -0.05) is 0 Å². The topological polar surface area (TPSA) is 37.3 Å². The van der Waals surface area contributed by atoms with Gasteiger partial charge in [0.05, 0.1) is 0 Å². The second-order valence-corrected chi connectivity index (χ2v) is 6.78. The molecule has 0 aromatic carbocycles. The third-order valence-corrected chi connectivity index (χ3v) is 4.74. The Kier molecular flexibility index (Phi) is 4.34. The zero-order valence-corrected chi connectivity index (χ0v) is 13.2. The van der Waals surface area contributed by atoms with Gasteiger partial charge in [-0.2, -0.15) is 0 Å². The van der Waals surface area contributed by atoms with Crippen molar-refractivity contribution in [2.75, 3.05) is 19.6 Å². The summed E-state index contributed by atoms with van der Waals surface area (Å²) in [6, 6.07) is 4.75. The van der Waals surface area contributed by atoms with Crippen LogP contribution in [0, 0.1) is 5.92 Å². The highest BCUT2D eigenvalue weighted by atomic mass is 16.2. The Hall–Kier alpha value is -1.29. The van der Waals surface area contributed by atoms with E-state index in [1.54, 1.807) is 0 Å². The van der Waals surface area contributed by atoms with Crippen LogP contribution in [-0.4, -0.2) is 41.1 Å². The Balaban J connectivity index is 1.78. The molecular formula is C17H27N3O. The standard InChI is InChI=1S/C17H27N3O/c1-13(2)20(12-14-5-6-14)17(21)16-4-3-11-19(16)15-7-9-18-10-8-15/h3-4,11,13-15,18H,5-10,12H2,1-2H3. The second-order valence-electron chi connectivity index (χ2n) is 6.78. The normalized spacial score (nSPS) is 20.0. The SMILES string of the molecule is CC(C)N(CC1CC1)C(=O)c1cccn1C1CCNCC1. The van der Waals surface area contributed by atoms with Crippen LogP contribution in [0.2, 0.25) is 0 Å². The van der Waals surface area contributed by atoms with E-state index in [1.807, 2.05) is 12.1 Å². The van der Waals surface area contributed by atoms with E-state index in [4.69, 9.17) is 0 Å². The molecule has 1 amide bonds. The summed E-state index contributed by atoms with van der Waals surface area (Å²) < 4.78 is 2.21. The maximum absolute atomic E-state index is 13.0. The van der Waals surface area contributed by atoms with Crippen LogP contribution in [0.3, 0.4) is 0 Å². The molecule has 2 aliphatic rings. The number of carbonyl (C=O) groups is 1. The molecule has 2 heterocycles. The largest absolute Gasteiger partial charge is 0.340 e. The zero-order valence-electron chi connectivity index (χ0n) is 13.2. The lowest BCUT2D eigenvalue weighted by Crippen LogP contribution is -2.40. The van der Waals surface area contributed by atoms with Gasteiger partial charge in [0.1, 0.15) is 5.69 Å². The Labute approximate surface area is 127 Å². The van der Waals surface area contributed by atoms with Crippen molar-refractivity contribution in [2.24, 2.45) is 5.92 Å². The van der Waals surface area contributed by atoms with Crippen molar-refractivity contribution in [3.05, 3.63) is 24.0 Å². The van der Waals surface area contributed by atoms with E-state index >= 15 is 0 Å². The molecule has 1 saturated heterocycles. The Morgan fingerprint density at radius 3 is 2.67 bits per heavy atom. The van der Waals surface area contributed by atoms with E-state index in [9.17, 15) is 4.79 Å². The Bertz CT molecular complexity index is 484. The first kappa shape index (κ1) is 14.6. The predicted molar refractivity (Wildman–Crippen MR) is 84.5 cm³/mol. The maximum atomic E-state index is 13.0. The number of nitrogens with one attached hydrogen (secondary N) is 1. The molecule has 0 unspecified atom stereocenters. The number of nitrogens with zero attached hydrogens (tertiary/aromatic N) is 2. The van der Waals surface area contributed by atoms with Crippen molar-refractivity contribution in [3.8, 4) is 0 Å². The molecule has 0 spiro atoms. The van der Waals surface area contributed by atoms with Crippen LogP contribution in [0.5, 0.6) is 0 Å². The quantitative estimate of drug-likeness (QED) is 0.905. The molecule has 0 atom stereocenters. The van der Waals surface area contributed by atoms with Gasteiger partial charge in [0, 0.05) is 24.8 Å². The summed E-state index contributed by atoms with van der Waals surface area (Å²) in [4.78, 5) is 15.0. The number of amides is 1. The molecule has 0 bridgehead atoms. The number of carbonyl (C=O) groups excluding carboxylic acids is 1. The summed E-state index contributed by atoms with van der Waals surface area (Å²) in [7, 11) is 0. The molecule has 1 saturated carbocycles. The molecule has 116 valence electrons. The summed E-state index contributed by atoms with van der Waals surface area (Å²) in [5.74, 6) is 0.944. The summed E-state index contributed by atoms with van der Waals surface area (Å²) in [5, 5.41) is 3.39. The molecule has 2 fully saturated rings. The van der Waals surface area contributed by atoms with Gasteiger partial charge >= 0.3 is 0 Å². The first-order valence-electron chi connectivity index (χ1n) is 8.35. The average Bonchev–Trinajstić information content (AvgIpc) is 3.18. The lowest BCUT2D eigenvalue weighted by molar-refractivity contribution is 0.0681. The van der Waals surface area contributed by atoms with E-state index < -0.39 is 0 Å². The van der Waals surface area contributed by atoms with Crippen molar-refractivity contribution in [3.63, 3.8) is 0 Å². The third-order valence-electron chi connectivity index (χ3n) is 4.74. The third kappa shape index (κ3) is 3.31. The molecule has 4 nitrogen and oxygen atoms in total. The van der Waals surface area contributed by atoms with Crippen molar-refractivity contribution in [1.29, 1.82) is 0 Å². The van der Waals surface area contributed by atoms with E-state index in [1.165, 1.54) is 12.8 Å². The molecular weight excluding hydrogens is 262 g/mol. The van der Waals surface area contributed by atoms with Crippen LogP contribution in [0.1, 0.15) is 56.1 Å². The van der Waals surface area contributed by atoms with Crippen LogP contribution in [-0.2, 0) is 0 Å². The van der Waals surface area contributed by atoms with Crippen LogP contribution in [0.25, 0.3) is 0 Å². The smallest absolute Gasteiger partial charge is 0.270 e. The van der Waals surface area contributed by atoms with Gasteiger partial charge in [0.2, 0.25) is 0 Å². The van der Waals surface area contributed by atoms with Crippen molar-refractivity contribution in [2.45, 2.75) is 51.6 Å². The van der Waals surface area contributed by atoms with E-state index in [-0.39, 0.29) is 11.9 Å². The van der Waals surface area contributed by atoms with E-state index in [0.29, 0.717) is 6.04 Å². The van der Waals surface area contributed by atoms with Gasteiger partial charge in [0.25, 0.3) is 5.91 Å². The summed E-state index contributed by atoms with van der Waals surface area (Å²) in [6.07, 6.45) is 6.87. The monoisotopic (exact) mass is 289 g/mol. The minimum atomic E-state index is 0.209. The number of hydrogen-bond donors (Lipinski definition) is 1. The average molecular weight is 289 g/mol. The van der Waals surface area contributed by atoms with Gasteiger partial charge in [-0.3, -0.25) is 4.79 Å².